The first kappa shape index (κ1) is 21.9. The molecule has 0 saturated carbocycles. The lowest BCUT2D eigenvalue weighted by molar-refractivity contribution is -0.119. The Balaban J connectivity index is 1.60. The number of thioether (sulfide) groups is 1. The molecule has 0 aliphatic heterocycles. The van der Waals surface area contributed by atoms with Gasteiger partial charge in [-0.05, 0) is 51.0 Å². The Morgan fingerprint density at radius 2 is 1.90 bits per heavy atom. The Hall–Kier alpha value is -2.80. The first-order valence-corrected chi connectivity index (χ1v) is 11.1. The zero-order valence-electron chi connectivity index (χ0n) is 17.8. The zero-order valence-corrected chi connectivity index (χ0v) is 18.6. The molecule has 0 bridgehead atoms. The van der Waals surface area contributed by atoms with Gasteiger partial charge in [-0.3, -0.25) is 4.79 Å². The van der Waals surface area contributed by atoms with E-state index in [1.807, 2.05) is 86.9 Å². The number of benzene rings is 2. The van der Waals surface area contributed by atoms with E-state index in [4.69, 9.17) is 4.74 Å². The minimum Gasteiger partial charge on any atom is -0.483 e. The smallest absolute Gasteiger partial charge is 0.230 e. The summed E-state index contributed by atoms with van der Waals surface area (Å²) in [5, 5.41) is 12.4. The average Bonchev–Trinajstić information content (AvgIpc) is 3.16. The van der Waals surface area contributed by atoms with Crippen LogP contribution in [0.1, 0.15) is 49.9 Å². The largest absolute Gasteiger partial charge is 0.483 e. The molecule has 2 unspecified atom stereocenters. The molecular formula is C23H28N4O2S. The van der Waals surface area contributed by atoms with E-state index in [1.54, 1.807) is 0 Å². The van der Waals surface area contributed by atoms with Crippen molar-refractivity contribution in [1.82, 2.24) is 20.1 Å². The molecule has 0 aliphatic rings. The molecule has 3 rings (SSSR count). The van der Waals surface area contributed by atoms with Crippen LogP contribution >= 0.6 is 11.8 Å². The fraction of sp³-hybridized carbons (Fsp3) is 0.348. The fourth-order valence-electron chi connectivity index (χ4n) is 3.19. The predicted molar refractivity (Wildman–Crippen MR) is 120 cm³/mol. The summed E-state index contributed by atoms with van der Waals surface area (Å²) in [6.07, 6.45) is -0.250. The number of rotatable bonds is 9. The van der Waals surface area contributed by atoms with Gasteiger partial charge in [0.25, 0.3) is 0 Å². The molecule has 3 aromatic rings. The maximum absolute atomic E-state index is 12.4. The molecule has 30 heavy (non-hydrogen) atoms. The summed E-state index contributed by atoms with van der Waals surface area (Å²) >= 11 is 1.39. The van der Waals surface area contributed by atoms with Crippen molar-refractivity contribution >= 4 is 17.7 Å². The molecule has 2 aromatic carbocycles. The van der Waals surface area contributed by atoms with Crippen LogP contribution in [0.2, 0.25) is 0 Å². The van der Waals surface area contributed by atoms with Crippen LogP contribution in [0.4, 0.5) is 0 Å². The molecule has 0 aliphatic carbocycles. The molecule has 1 N–H and O–H groups in total. The average molecular weight is 425 g/mol. The third-order valence-corrected chi connectivity index (χ3v) is 5.70. The predicted octanol–water partition coefficient (Wildman–Crippen LogP) is 4.72. The van der Waals surface area contributed by atoms with Crippen LogP contribution in [-0.2, 0) is 11.3 Å². The van der Waals surface area contributed by atoms with E-state index in [0.717, 1.165) is 27.9 Å². The second-order valence-electron chi connectivity index (χ2n) is 7.15. The zero-order chi connectivity index (χ0) is 21.5. The molecule has 158 valence electrons. The van der Waals surface area contributed by atoms with Gasteiger partial charge in [-0.25, -0.2) is 0 Å². The van der Waals surface area contributed by atoms with Crippen LogP contribution in [0.15, 0.2) is 59.8 Å². The SMILES string of the molecule is CCn1c(SCC(=O)NC(C)c2ccccc2)nnc1C(C)Oc1cccc(C)c1. The summed E-state index contributed by atoms with van der Waals surface area (Å²) in [5.41, 5.74) is 2.22. The van der Waals surface area contributed by atoms with E-state index in [9.17, 15) is 4.79 Å². The highest BCUT2D eigenvalue weighted by atomic mass is 32.2. The van der Waals surface area contributed by atoms with Crippen molar-refractivity contribution in [3.05, 3.63) is 71.5 Å². The van der Waals surface area contributed by atoms with Crippen molar-refractivity contribution in [2.45, 2.75) is 51.5 Å². The summed E-state index contributed by atoms with van der Waals surface area (Å²) in [6, 6.07) is 17.8. The molecule has 7 heteroatoms. The topological polar surface area (TPSA) is 69.0 Å². The number of hydrogen-bond acceptors (Lipinski definition) is 5. The maximum Gasteiger partial charge on any atom is 0.230 e. The number of nitrogens with one attached hydrogen (secondary N) is 1. The molecule has 6 nitrogen and oxygen atoms in total. The number of aromatic nitrogens is 3. The van der Waals surface area contributed by atoms with E-state index in [-0.39, 0.29) is 23.8 Å². The first-order chi connectivity index (χ1) is 14.5. The van der Waals surface area contributed by atoms with Crippen LogP contribution in [0.3, 0.4) is 0 Å². The minimum absolute atomic E-state index is 0.0346. The van der Waals surface area contributed by atoms with Gasteiger partial charge in [0.05, 0.1) is 11.8 Å². The standard InChI is InChI=1S/C23H28N4O2S/c1-5-27-22(18(4)29-20-13-9-10-16(2)14-20)25-26-23(27)30-15-21(28)24-17(3)19-11-7-6-8-12-19/h6-14,17-18H,5,15H2,1-4H3,(H,24,28). The quantitative estimate of drug-likeness (QED) is 0.504. The lowest BCUT2D eigenvalue weighted by atomic mass is 10.1. The number of carbonyl (C=O) groups is 1. The lowest BCUT2D eigenvalue weighted by Gasteiger charge is -2.16. The van der Waals surface area contributed by atoms with Crippen LogP contribution in [0, 0.1) is 6.92 Å². The molecule has 1 amide bonds. The van der Waals surface area contributed by atoms with Gasteiger partial charge in [-0.2, -0.15) is 0 Å². The third-order valence-electron chi connectivity index (χ3n) is 4.74. The van der Waals surface area contributed by atoms with Gasteiger partial charge in [0.15, 0.2) is 17.1 Å². The minimum atomic E-state index is -0.250. The summed E-state index contributed by atoms with van der Waals surface area (Å²) in [5.74, 6) is 1.80. The van der Waals surface area contributed by atoms with Crippen LogP contribution in [0.25, 0.3) is 0 Å². The van der Waals surface area contributed by atoms with Crippen molar-refractivity contribution in [3.63, 3.8) is 0 Å². The monoisotopic (exact) mass is 424 g/mol. The Kier molecular flexibility index (Phi) is 7.52. The summed E-state index contributed by atoms with van der Waals surface area (Å²) in [6.45, 7) is 8.71. The normalized spacial score (nSPS) is 12.9. The van der Waals surface area contributed by atoms with Crippen LogP contribution in [0.5, 0.6) is 5.75 Å². The highest BCUT2D eigenvalue weighted by Gasteiger charge is 2.20. The molecule has 0 radical (unpaired) electrons. The van der Waals surface area contributed by atoms with Crippen molar-refractivity contribution < 1.29 is 9.53 Å². The van der Waals surface area contributed by atoms with E-state index >= 15 is 0 Å². The fourth-order valence-corrected chi connectivity index (χ4v) is 4.01. The Labute approximate surface area is 182 Å². The van der Waals surface area contributed by atoms with Gasteiger partial charge in [0.1, 0.15) is 5.75 Å². The maximum atomic E-state index is 12.4. The van der Waals surface area contributed by atoms with Crippen molar-refractivity contribution in [3.8, 4) is 5.75 Å². The molecule has 2 atom stereocenters. The van der Waals surface area contributed by atoms with Gasteiger partial charge in [-0.1, -0.05) is 54.2 Å². The van der Waals surface area contributed by atoms with Crippen LogP contribution < -0.4 is 10.1 Å². The molecule has 1 aromatic heterocycles. The molecular weight excluding hydrogens is 396 g/mol. The second kappa shape index (κ2) is 10.3. The van der Waals surface area contributed by atoms with Gasteiger partial charge < -0.3 is 14.6 Å². The second-order valence-corrected chi connectivity index (χ2v) is 8.09. The summed E-state index contributed by atoms with van der Waals surface area (Å²) in [4.78, 5) is 12.4. The molecule has 1 heterocycles. The molecule has 0 saturated heterocycles. The van der Waals surface area contributed by atoms with E-state index in [0.29, 0.717) is 6.54 Å². The van der Waals surface area contributed by atoms with Gasteiger partial charge in [0.2, 0.25) is 5.91 Å². The molecule has 0 spiro atoms. The van der Waals surface area contributed by atoms with E-state index in [2.05, 4.69) is 15.5 Å². The van der Waals surface area contributed by atoms with Crippen molar-refractivity contribution in [1.29, 1.82) is 0 Å². The van der Waals surface area contributed by atoms with E-state index in [1.165, 1.54) is 11.8 Å². The number of aryl methyl sites for hydroxylation is 1. The van der Waals surface area contributed by atoms with Crippen LogP contribution in [-0.4, -0.2) is 26.4 Å². The highest BCUT2D eigenvalue weighted by molar-refractivity contribution is 7.99. The van der Waals surface area contributed by atoms with E-state index < -0.39 is 0 Å². The highest BCUT2D eigenvalue weighted by Crippen LogP contribution is 2.25. The van der Waals surface area contributed by atoms with Gasteiger partial charge in [0, 0.05) is 6.54 Å². The number of hydrogen-bond donors (Lipinski definition) is 1. The third kappa shape index (κ3) is 5.63. The van der Waals surface area contributed by atoms with Crippen molar-refractivity contribution in [2.75, 3.05) is 5.75 Å². The summed E-state index contributed by atoms with van der Waals surface area (Å²) in [7, 11) is 0. The van der Waals surface area contributed by atoms with Gasteiger partial charge >= 0.3 is 0 Å². The van der Waals surface area contributed by atoms with Crippen molar-refractivity contribution in [2.24, 2.45) is 0 Å². The number of carbonyl (C=O) groups excluding carboxylic acids is 1. The number of amides is 1. The summed E-state index contributed by atoms with van der Waals surface area (Å²) < 4.78 is 8.05. The Morgan fingerprint density at radius 1 is 1.13 bits per heavy atom. The lowest BCUT2D eigenvalue weighted by Crippen LogP contribution is -2.28. The first-order valence-electron chi connectivity index (χ1n) is 10.1. The Morgan fingerprint density at radius 3 is 2.60 bits per heavy atom. The Bertz CT molecular complexity index is 974. The molecule has 0 fully saturated rings. The van der Waals surface area contributed by atoms with Gasteiger partial charge in [-0.15, -0.1) is 10.2 Å². The number of ether oxygens (including phenoxy) is 1. The number of nitrogens with zero attached hydrogens (tertiary/aromatic N) is 3.